The molecule has 1 saturated carbocycles. The number of hydrogen-bond donors (Lipinski definition) is 1. The van der Waals surface area contributed by atoms with Crippen LogP contribution in [0.1, 0.15) is 24.8 Å². The Morgan fingerprint density at radius 1 is 1.07 bits per heavy atom. The molecule has 1 aliphatic carbocycles. The van der Waals surface area contributed by atoms with Crippen molar-refractivity contribution in [3.05, 3.63) is 60.2 Å². The van der Waals surface area contributed by atoms with Gasteiger partial charge in [-0.1, -0.05) is 54.6 Å². The number of rotatable bonds is 8. The number of methoxy groups -OCH3 is 1. The number of likely N-dealkylation sites (tertiary alicyclic amines) is 1. The van der Waals surface area contributed by atoms with Gasteiger partial charge in [0.2, 0.25) is 15.9 Å². The Labute approximate surface area is 178 Å². The minimum absolute atomic E-state index is 0.109. The third-order valence-corrected chi connectivity index (χ3v) is 7.05. The van der Waals surface area contributed by atoms with Gasteiger partial charge in [-0.3, -0.25) is 4.79 Å². The van der Waals surface area contributed by atoms with E-state index in [0.29, 0.717) is 19.4 Å². The number of carbonyl (C=O) groups is 1. The van der Waals surface area contributed by atoms with Gasteiger partial charge in [-0.25, -0.2) is 13.1 Å². The van der Waals surface area contributed by atoms with Crippen LogP contribution in [0.3, 0.4) is 0 Å². The summed E-state index contributed by atoms with van der Waals surface area (Å²) in [5.74, 6) is -0.110. The van der Waals surface area contributed by atoms with Gasteiger partial charge in [-0.15, -0.1) is 0 Å². The van der Waals surface area contributed by atoms with Crippen LogP contribution in [0, 0.1) is 5.92 Å². The number of amides is 1. The van der Waals surface area contributed by atoms with Crippen molar-refractivity contribution in [2.45, 2.75) is 37.8 Å². The molecule has 2 atom stereocenters. The summed E-state index contributed by atoms with van der Waals surface area (Å²) >= 11 is 0. The zero-order valence-electron chi connectivity index (χ0n) is 17.2. The summed E-state index contributed by atoms with van der Waals surface area (Å²) < 4.78 is 32.2. The zero-order chi connectivity index (χ0) is 21.1. The van der Waals surface area contributed by atoms with Gasteiger partial charge < -0.3 is 9.64 Å². The van der Waals surface area contributed by atoms with Gasteiger partial charge in [0.15, 0.2) is 5.94 Å². The van der Waals surface area contributed by atoms with Gasteiger partial charge >= 0.3 is 0 Å². The van der Waals surface area contributed by atoms with E-state index >= 15 is 0 Å². The van der Waals surface area contributed by atoms with Crippen molar-refractivity contribution in [1.29, 1.82) is 0 Å². The fourth-order valence-electron chi connectivity index (χ4n) is 4.25. The van der Waals surface area contributed by atoms with Crippen LogP contribution >= 0.6 is 0 Å². The first-order valence-electron chi connectivity index (χ1n) is 10.4. The molecule has 1 aliphatic heterocycles. The van der Waals surface area contributed by atoms with Crippen molar-refractivity contribution in [1.82, 2.24) is 9.62 Å². The van der Waals surface area contributed by atoms with E-state index in [1.54, 1.807) is 0 Å². The summed E-state index contributed by atoms with van der Waals surface area (Å²) in [5.41, 5.74) is 3.34. The number of sulfonamides is 1. The summed E-state index contributed by atoms with van der Waals surface area (Å²) in [7, 11) is -2.19. The minimum atomic E-state index is -3.56. The summed E-state index contributed by atoms with van der Waals surface area (Å²) in [6.45, 7) is 0.582. The van der Waals surface area contributed by atoms with E-state index in [4.69, 9.17) is 4.74 Å². The lowest BCUT2D eigenvalue weighted by atomic mass is 9.97. The van der Waals surface area contributed by atoms with E-state index in [0.717, 1.165) is 29.5 Å². The lowest BCUT2D eigenvalue weighted by molar-refractivity contribution is -0.133. The van der Waals surface area contributed by atoms with Crippen LogP contribution in [0.2, 0.25) is 0 Å². The number of hydrogen-bond acceptors (Lipinski definition) is 4. The molecule has 2 aromatic carbocycles. The van der Waals surface area contributed by atoms with E-state index in [2.05, 4.69) is 29.0 Å². The third kappa shape index (κ3) is 4.91. The van der Waals surface area contributed by atoms with Crippen molar-refractivity contribution >= 4 is 15.9 Å². The molecule has 1 N–H and O–H groups in total. The van der Waals surface area contributed by atoms with E-state index in [1.807, 2.05) is 35.2 Å². The Morgan fingerprint density at radius 2 is 1.80 bits per heavy atom. The molecule has 160 valence electrons. The largest absolute Gasteiger partial charge is 0.367 e. The lowest BCUT2D eigenvalue weighted by Gasteiger charge is -2.29. The highest BCUT2D eigenvalue weighted by Crippen LogP contribution is 2.35. The van der Waals surface area contributed by atoms with Crippen molar-refractivity contribution < 1.29 is 17.9 Å². The second-order valence-corrected chi connectivity index (χ2v) is 9.88. The SMILES string of the molecule is COCS(=O)(=O)NC1CCN(C(=O)C2CC2)C1Cc1cccc(-c2ccccc2)c1. The van der Waals surface area contributed by atoms with E-state index in [9.17, 15) is 13.2 Å². The van der Waals surface area contributed by atoms with Gasteiger partial charge in [0.1, 0.15) is 0 Å². The second-order valence-electron chi connectivity index (χ2n) is 8.18. The molecule has 2 aliphatic rings. The van der Waals surface area contributed by atoms with Crippen LogP contribution < -0.4 is 4.72 Å². The summed E-state index contributed by atoms with van der Waals surface area (Å²) in [4.78, 5) is 14.8. The van der Waals surface area contributed by atoms with Crippen LogP contribution in [0.5, 0.6) is 0 Å². The van der Waals surface area contributed by atoms with E-state index < -0.39 is 10.0 Å². The smallest absolute Gasteiger partial charge is 0.236 e. The van der Waals surface area contributed by atoms with Gasteiger partial charge in [-0.05, 0) is 42.4 Å². The van der Waals surface area contributed by atoms with Crippen molar-refractivity contribution in [3.8, 4) is 11.1 Å². The predicted octanol–water partition coefficient (Wildman–Crippen LogP) is 2.80. The Kier molecular flexibility index (Phi) is 6.22. The summed E-state index contributed by atoms with van der Waals surface area (Å²) in [6.07, 6.45) is 3.10. The summed E-state index contributed by atoms with van der Waals surface area (Å²) in [6, 6.07) is 17.9. The van der Waals surface area contributed by atoms with Crippen LogP contribution in [-0.4, -0.2) is 50.9 Å². The highest BCUT2D eigenvalue weighted by atomic mass is 32.2. The number of nitrogens with zero attached hydrogens (tertiary/aromatic N) is 1. The maximum Gasteiger partial charge on any atom is 0.236 e. The average Bonchev–Trinajstić information content (AvgIpc) is 3.52. The van der Waals surface area contributed by atoms with E-state index in [-0.39, 0.29) is 29.8 Å². The molecule has 2 aromatic rings. The second kappa shape index (κ2) is 8.88. The topological polar surface area (TPSA) is 75.7 Å². The standard InChI is InChI=1S/C23H28N2O4S/c1-29-16-30(27,28)24-21-12-13-25(23(26)19-10-11-19)22(21)15-17-6-5-9-20(14-17)18-7-3-2-4-8-18/h2-9,14,19,21-22,24H,10-13,15-16H2,1H3. The molecule has 0 radical (unpaired) electrons. The fourth-order valence-corrected chi connectivity index (χ4v) is 5.37. The molecule has 6 nitrogen and oxygen atoms in total. The van der Waals surface area contributed by atoms with Crippen LogP contribution in [0.25, 0.3) is 11.1 Å². The zero-order valence-corrected chi connectivity index (χ0v) is 18.0. The van der Waals surface area contributed by atoms with E-state index in [1.165, 1.54) is 7.11 Å². The molecule has 0 bridgehead atoms. The maximum absolute atomic E-state index is 12.9. The Bertz CT molecular complexity index is 989. The molecule has 1 saturated heterocycles. The number of carbonyl (C=O) groups excluding carboxylic acids is 1. The molecule has 1 amide bonds. The molecule has 1 heterocycles. The molecule has 0 aromatic heterocycles. The Balaban J connectivity index is 1.58. The molecule has 0 spiro atoms. The first kappa shape index (κ1) is 21.0. The number of ether oxygens (including phenoxy) is 1. The van der Waals surface area contributed by atoms with Crippen LogP contribution in [0.4, 0.5) is 0 Å². The Morgan fingerprint density at radius 3 is 2.50 bits per heavy atom. The molecule has 7 heteroatoms. The van der Waals surface area contributed by atoms with Crippen LogP contribution in [-0.2, 0) is 26.0 Å². The number of benzene rings is 2. The normalized spacial score (nSPS) is 21.7. The van der Waals surface area contributed by atoms with Gasteiger partial charge in [0, 0.05) is 25.6 Å². The molecule has 2 fully saturated rings. The minimum Gasteiger partial charge on any atom is -0.367 e. The monoisotopic (exact) mass is 428 g/mol. The quantitative estimate of drug-likeness (QED) is 0.702. The number of nitrogens with one attached hydrogen (secondary N) is 1. The summed E-state index contributed by atoms with van der Waals surface area (Å²) in [5, 5.41) is 0. The van der Waals surface area contributed by atoms with Crippen molar-refractivity contribution in [3.63, 3.8) is 0 Å². The maximum atomic E-state index is 12.9. The van der Waals surface area contributed by atoms with Gasteiger partial charge in [-0.2, -0.15) is 0 Å². The molecule has 4 rings (SSSR count). The van der Waals surface area contributed by atoms with Crippen molar-refractivity contribution in [2.75, 3.05) is 19.6 Å². The Hall–Kier alpha value is -2.22. The predicted molar refractivity (Wildman–Crippen MR) is 116 cm³/mol. The molecule has 2 unspecified atom stereocenters. The van der Waals surface area contributed by atoms with Crippen LogP contribution in [0.15, 0.2) is 54.6 Å². The highest BCUT2D eigenvalue weighted by molar-refractivity contribution is 7.89. The van der Waals surface area contributed by atoms with Gasteiger partial charge in [0.05, 0.1) is 6.04 Å². The lowest BCUT2D eigenvalue weighted by Crippen LogP contribution is -2.48. The van der Waals surface area contributed by atoms with Crippen molar-refractivity contribution in [2.24, 2.45) is 5.92 Å². The first-order valence-corrected chi connectivity index (χ1v) is 12.1. The molecule has 30 heavy (non-hydrogen) atoms. The fraction of sp³-hybridized carbons (Fsp3) is 0.435. The highest BCUT2D eigenvalue weighted by Gasteiger charge is 2.43. The third-order valence-electron chi connectivity index (χ3n) is 5.84. The molecular formula is C23H28N2O4S. The van der Waals surface area contributed by atoms with Gasteiger partial charge in [0.25, 0.3) is 0 Å². The first-order chi connectivity index (χ1) is 14.5. The average molecular weight is 429 g/mol. The molecular weight excluding hydrogens is 400 g/mol.